The van der Waals surface area contributed by atoms with E-state index in [0.717, 1.165) is 65.4 Å². The maximum Gasteiger partial charge on any atom is 0.307 e. The lowest BCUT2D eigenvalue weighted by atomic mass is 9.97. The Morgan fingerprint density at radius 3 is 2.39 bits per heavy atom. The van der Waals surface area contributed by atoms with Crippen LogP contribution in [0.25, 0.3) is 0 Å². The van der Waals surface area contributed by atoms with Gasteiger partial charge in [0.1, 0.15) is 0 Å². The molecule has 0 N–H and O–H groups in total. The van der Waals surface area contributed by atoms with Crippen LogP contribution in [0.5, 0.6) is 0 Å². The van der Waals surface area contributed by atoms with Crippen molar-refractivity contribution in [3.8, 4) is 0 Å². The number of hydrogen-bond acceptors (Lipinski definition) is 6. The Labute approximate surface area is 221 Å². The first kappa shape index (κ1) is 24.5. The summed E-state index contributed by atoms with van der Waals surface area (Å²) < 4.78 is 5.10. The van der Waals surface area contributed by atoms with Crippen LogP contribution in [0.15, 0.2) is 71.7 Å². The number of piperazine rings is 1. The standard InChI is InChI=1S/C28H28Cl2N4O2/c1-19-16-21(30)10-11-25(19)34-26(18-27(35)36-2)23-8-3-4-9-24(23)31-28(34)33-14-12-32(13-15-33)22-7-5-6-20(29)17-22/h3-11,16-17,26H,12-15,18H2,1-2H3. The quantitative estimate of drug-likeness (QED) is 0.379. The van der Waals surface area contributed by atoms with Gasteiger partial charge in [0.25, 0.3) is 0 Å². The summed E-state index contributed by atoms with van der Waals surface area (Å²) in [4.78, 5) is 24.5. The van der Waals surface area contributed by atoms with Crippen molar-refractivity contribution < 1.29 is 9.53 Å². The molecule has 186 valence electrons. The van der Waals surface area contributed by atoms with Gasteiger partial charge in [0.05, 0.1) is 25.3 Å². The third kappa shape index (κ3) is 4.88. The lowest BCUT2D eigenvalue weighted by molar-refractivity contribution is -0.141. The van der Waals surface area contributed by atoms with Crippen LogP contribution >= 0.6 is 23.2 Å². The molecule has 1 saturated heterocycles. The Balaban J connectivity index is 1.53. The number of esters is 1. The van der Waals surface area contributed by atoms with Gasteiger partial charge in [-0.1, -0.05) is 47.5 Å². The van der Waals surface area contributed by atoms with E-state index in [2.05, 4.69) is 20.8 Å². The largest absolute Gasteiger partial charge is 0.469 e. The molecule has 0 amide bonds. The lowest BCUT2D eigenvalue weighted by Crippen LogP contribution is -2.55. The number of fused-ring (bicyclic) bond motifs is 1. The Bertz CT molecular complexity index is 1300. The first-order chi connectivity index (χ1) is 17.4. The minimum absolute atomic E-state index is 0.205. The van der Waals surface area contributed by atoms with Gasteiger partial charge in [-0.3, -0.25) is 4.79 Å². The fraction of sp³-hybridized carbons (Fsp3) is 0.286. The van der Waals surface area contributed by atoms with Crippen molar-refractivity contribution in [3.63, 3.8) is 0 Å². The fourth-order valence-corrected chi connectivity index (χ4v) is 5.39. The average molecular weight is 523 g/mol. The second-order valence-corrected chi connectivity index (χ2v) is 9.89. The summed E-state index contributed by atoms with van der Waals surface area (Å²) in [6, 6.07) is 21.6. The maximum atomic E-state index is 12.6. The number of para-hydroxylation sites is 1. The molecule has 0 saturated carbocycles. The zero-order valence-corrected chi connectivity index (χ0v) is 21.8. The highest BCUT2D eigenvalue weighted by molar-refractivity contribution is 6.31. The molecule has 6 nitrogen and oxygen atoms in total. The number of methoxy groups -OCH3 is 1. The second-order valence-electron chi connectivity index (χ2n) is 9.02. The predicted molar refractivity (Wildman–Crippen MR) is 147 cm³/mol. The topological polar surface area (TPSA) is 48.4 Å². The zero-order chi connectivity index (χ0) is 25.2. The van der Waals surface area contributed by atoms with Crippen LogP contribution in [0.4, 0.5) is 17.1 Å². The van der Waals surface area contributed by atoms with E-state index in [1.165, 1.54) is 7.11 Å². The van der Waals surface area contributed by atoms with Gasteiger partial charge in [-0.05, 0) is 55.0 Å². The van der Waals surface area contributed by atoms with E-state index in [-0.39, 0.29) is 18.4 Å². The van der Waals surface area contributed by atoms with Crippen molar-refractivity contribution in [1.82, 2.24) is 4.90 Å². The van der Waals surface area contributed by atoms with Gasteiger partial charge in [-0.25, -0.2) is 4.99 Å². The molecule has 2 aliphatic heterocycles. The number of carbonyl (C=O) groups excluding carboxylic acids is 1. The van der Waals surface area contributed by atoms with Crippen LogP contribution in [0.2, 0.25) is 10.0 Å². The summed E-state index contributed by atoms with van der Waals surface area (Å²) in [5.74, 6) is 0.567. The number of hydrogen-bond donors (Lipinski definition) is 0. The fourth-order valence-electron chi connectivity index (χ4n) is 4.98. The normalized spacial score (nSPS) is 17.5. The van der Waals surface area contributed by atoms with Crippen molar-refractivity contribution >= 4 is 52.2 Å². The lowest BCUT2D eigenvalue weighted by Gasteiger charge is -2.45. The number of benzene rings is 3. The van der Waals surface area contributed by atoms with Crippen molar-refractivity contribution in [1.29, 1.82) is 0 Å². The molecule has 3 aromatic carbocycles. The minimum atomic E-state index is -0.265. The van der Waals surface area contributed by atoms with E-state index in [4.69, 9.17) is 32.9 Å². The van der Waals surface area contributed by atoms with E-state index in [9.17, 15) is 4.79 Å². The van der Waals surface area contributed by atoms with Crippen molar-refractivity contribution in [3.05, 3.63) is 87.9 Å². The van der Waals surface area contributed by atoms with Gasteiger partial charge in [0.2, 0.25) is 5.96 Å². The van der Waals surface area contributed by atoms with Gasteiger partial charge < -0.3 is 19.4 Å². The molecule has 36 heavy (non-hydrogen) atoms. The number of nitrogens with zero attached hydrogens (tertiary/aromatic N) is 4. The zero-order valence-electron chi connectivity index (χ0n) is 20.3. The highest BCUT2D eigenvalue weighted by Gasteiger charge is 2.37. The highest BCUT2D eigenvalue weighted by Crippen LogP contribution is 2.42. The molecule has 1 atom stereocenters. The summed E-state index contributed by atoms with van der Waals surface area (Å²) in [5.41, 5.74) is 4.98. The average Bonchev–Trinajstić information content (AvgIpc) is 2.89. The van der Waals surface area contributed by atoms with Crippen molar-refractivity contribution in [2.24, 2.45) is 4.99 Å². The first-order valence-electron chi connectivity index (χ1n) is 12.0. The molecular weight excluding hydrogens is 495 g/mol. The van der Waals surface area contributed by atoms with E-state index >= 15 is 0 Å². The van der Waals surface area contributed by atoms with Crippen LogP contribution in [-0.4, -0.2) is 50.1 Å². The third-order valence-electron chi connectivity index (χ3n) is 6.79. The molecule has 1 unspecified atom stereocenters. The number of halogens is 2. The summed E-state index contributed by atoms with van der Waals surface area (Å²) in [5, 5.41) is 1.41. The second kappa shape index (κ2) is 10.4. The SMILES string of the molecule is COC(=O)CC1c2ccccc2N=C(N2CCN(c3cccc(Cl)c3)CC2)N1c1ccc(Cl)cc1C. The maximum absolute atomic E-state index is 12.6. The van der Waals surface area contributed by atoms with E-state index in [1.807, 2.05) is 67.6 Å². The van der Waals surface area contributed by atoms with Crippen LogP contribution in [-0.2, 0) is 9.53 Å². The van der Waals surface area contributed by atoms with E-state index < -0.39 is 0 Å². The molecule has 0 spiro atoms. The predicted octanol–water partition coefficient (Wildman–Crippen LogP) is 6.24. The number of carbonyl (C=O) groups is 1. The Morgan fingerprint density at radius 1 is 0.944 bits per heavy atom. The van der Waals surface area contributed by atoms with Crippen molar-refractivity contribution in [2.45, 2.75) is 19.4 Å². The molecule has 2 heterocycles. The highest BCUT2D eigenvalue weighted by atomic mass is 35.5. The third-order valence-corrected chi connectivity index (χ3v) is 7.26. The molecule has 0 radical (unpaired) electrons. The summed E-state index contributed by atoms with van der Waals surface area (Å²) in [7, 11) is 1.43. The molecule has 8 heteroatoms. The molecule has 2 aliphatic rings. The van der Waals surface area contributed by atoms with Crippen LogP contribution in [0, 0.1) is 6.92 Å². The number of anilines is 2. The Morgan fingerprint density at radius 2 is 1.67 bits per heavy atom. The number of guanidine groups is 1. The van der Waals surface area contributed by atoms with E-state index in [0.29, 0.717) is 5.02 Å². The molecule has 0 aliphatic carbocycles. The molecule has 1 fully saturated rings. The van der Waals surface area contributed by atoms with Crippen LogP contribution in [0.1, 0.15) is 23.6 Å². The summed E-state index contributed by atoms with van der Waals surface area (Å²) in [6.45, 7) is 5.25. The number of rotatable bonds is 4. The number of aliphatic imine (C=N–C) groups is 1. The molecule has 0 aromatic heterocycles. The number of ether oxygens (including phenoxy) is 1. The first-order valence-corrected chi connectivity index (χ1v) is 12.8. The van der Waals surface area contributed by atoms with Gasteiger partial charge in [0, 0.05) is 53.2 Å². The molecular formula is C28H28Cl2N4O2. The smallest absolute Gasteiger partial charge is 0.307 e. The molecule has 0 bridgehead atoms. The van der Waals surface area contributed by atoms with Crippen LogP contribution < -0.4 is 9.80 Å². The summed E-state index contributed by atoms with van der Waals surface area (Å²) in [6.07, 6.45) is 0.205. The van der Waals surface area contributed by atoms with Gasteiger partial charge in [0.15, 0.2) is 0 Å². The Hall–Kier alpha value is -3.22. The molecule has 5 rings (SSSR count). The minimum Gasteiger partial charge on any atom is -0.469 e. The van der Waals surface area contributed by atoms with Gasteiger partial charge in [-0.2, -0.15) is 0 Å². The van der Waals surface area contributed by atoms with Gasteiger partial charge in [-0.15, -0.1) is 0 Å². The molecule has 3 aromatic rings. The van der Waals surface area contributed by atoms with Crippen LogP contribution in [0.3, 0.4) is 0 Å². The van der Waals surface area contributed by atoms with Gasteiger partial charge >= 0.3 is 5.97 Å². The van der Waals surface area contributed by atoms with E-state index in [1.54, 1.807) is 0 Å². The number of aryl methyl sites for hydroxylation is 1. The summed E-state index contributed by atoms with van der Waals surface area (Å²) >= 11 is 12.5. The monoisotopic (exact) mass is 522 g/mol. The van der Waals surface area contributed by atoms with Crippen molar-refractivity contribution in [2.75, 3.05) is 43.1 Å². The Kier molecular flexibility index (Phi) is 7.08.